The van der Waals surface area contributed by atoms with Gasteiger partial charge in [0.25, 0.3) is 0 Å². The van der Waals surface area contributed by atoms with Crippen LogP contribution < -0.4 is 5.32 Å². The number of fused-ring (bicyclic) bond motifs is 2. The molecule has 0 saturated carbocycles. The molecule has 0 unspecified atom stereocenters. The molecule has 0 fully saturated rings. The monoisotopic (exact) mass is 419 g/mol. The molecule has 1 aliphatic heterocycles. The third-order valence-electron chi connectivity index (χ3n) is 5.54. The summed E-state index contributed by atoms with van der Waals surface area (Å²) in [5, 5.41) is 17.7. The molecule has 0 aliphatic carbocycles. The van der Waals surface area contributed by atoms with E-state index in [2.05, 4.69) is 30.4 Å². The minimum absolute atomic E-state index is 0.148. The molecule has 1 aromatic carbocycles. The lowest BCUT2D eigenvalue weighted by molar-refractivity contribution is -0.119. The van der Waals surface area contributed by atoms with Crippen LogP contribution in [0.2, 0.25) is 0 Å². The molecule has 0 saturated heterocycles. The molecule has 2 N–H and O–H groups in total. The molecule has 10 heteroatoms. The molecule has 1 amide bonds. The molecular formula is C21H18FN7O2. The van der Waals surface area contributed by atoms with Crippen molar-refractivity contribution in [3.8, 4) is 17.4 Å². The van der Waals surface area contributed by atoms with Crippen LogP contribution in [0.1, 0.15) is 37.1 Å². The van der Waals surface area contributed by atoms with Crippen LogP contribution in [0.3, 0.4) is 0 Å². The van der Waals surface area contributed by atoms with E-state index in [0.29, 0.717) is 23.3 Å². The Balaban J connectivity index is 1.66. The van der Waals surface area contributed by atoms with Crippen molar-refractivity contribution < 1.29 is 14.3 Å². The van der Waals surface area contributed by atoms with Crippen LogP contribution in [0.15, 0.2) is 36.8 Å². The van der Waals surface area contributed by atoms with Crippen LogP contribution in [-0.2, 0) is 16.6 Å². The number of anilines is 1. The second-order valence-electron chi connectivity index (χ2n) is 7.53. The number of nitrogens with zero attached hydrogens (tertiary/aromatic N) is 6. The van der Waals surface area contributed by atoms with Gasteiger partial charge in [0.2, 0.25) is 11.8 Å². The molecule has 3 aromatic heterocycles. The molecule has 1 atom stereocenters. The van der Waals surface area contributed by atoms with Gasteiger partial charge in [0.15, 0.2) is 11.5 Å². The highest BCUT2D eigenvalue weighted by molar-refractivity contribution is 6.08. The average molecular weight is 419 g/mol. The molecule has 31 heavy (non-hydrogen) atoms. The molecule has 9 nitrogen and oxygen atoms in total. The Morgan fingerprint density at radius 3 is 2.71 bits per heavy atom. The topological polar surface area (TPSA) is 118 Å². The Morgan fingerprint density at radius 2 is 1.97 bits per heavy atom. The molecule has 5 rings (SSSR count). The Bertz CT molecular complexity index is 1340. The largest absolute Gasteiger partial charge is 0.493 e. The smallest absolute Gasteiger partial charge is 0.240 e. The molecule has 4 heterocycles. The summed E-state index contributed by atoms with van der Waals surface area (Å²) >= 11 is 0. The van der Waals surface area contributed by atoms with E-state index < -0.39 is 11.2 Å². The number of carbonyl (C=O) groups excluding carboxylic acids is 1. The first-order valence-corrected chi connectivity index (χ1v) is 9.80. The van der Waals surface area contributed by atoms with Crippen LogP contribution >= 0.6 is 0 Å². The number of benzene rings is 1. The van der Waals surface area contributed by atoms with Crippen molar-refractivity contribution in [3.63, 3.8) is 0 Å². The fraction of sp³-hybridized carbons (Fsp3) is 0.238. The summed E-state index contributed by atoms with van der Waals surface area (Å²) in [7, 11) is 0. The van der Waals surface area contributed by atoms with Crippen molar-refractivity contribution in [1.29, 1.82) is 0 Å². The number of aromatic nitrogens is 6. The second kappa shape index (κ2) is 6.79. The van der Waals surface area contributed by atoms with Gasteiger partial charge in [0.1, 0.15) is 29.1 Å². The standard InChI is InChI=1S/C21H18FN7O2/c1-3-4-13-18-23-10-24-29(18)9-14(25-13)16-26-17-15(19(30)27-16)21(2,20(31)28-17)11-5-7-12(22)8-6-11/h5-10H,3-4H2,1-2H3,(H2,26,27,28,30,31)/t21-/m0/s1. The zero-order valence-electron chi connectivity index (χ0n) is 16.8. The summed E-state index contributed by atoms with van der Waals surface area (Å²) in [5.74, 6) is -0.810. The summed E-state index contributed by atoms with van der Waals surface area (Å²) in [5.41, 5.74) is 1.27. The first-order chi connectivity index (χ1) is 14.9. The number of hydrogen-bond donors (Lipinski definition) is 2. The summed E-state index contributed by atoms with van der Waals surface area (Å²) in [6.07, 6.45) is 4.61. The maximum absolute atomic E-state index is 13.4. The summed E-state index contributed by atoms with van der Waals surface area (Å²) < 4.78 is 15.0. The molecule has 0 spiro atoms. The molecule has 1 aliphatic rings. The summed E-state index contributed by atoms with van der Waals surface area (Å²) in [6, 6.07) is 5.55. The minimum atomic E-state index is -1.26. The maximum atomic E-state index is 13.4. The third kappa shape index (κ3) is 2.82. The third-order valence-corrected chi connectivity index (χ3v) is 5.54. The summed E-state index contributed by atoms with van der Waals surface area (Å²) in [6.45, 7) is 3.67. The highest BCUT2D eigenvalue weighted by Gasteiger charge is 2.48. The molecule has 0 radical (unpaired) electrons. The van der Waals surface area contributed by atoms with Gasteiger partial charge in [0, 0.05) is 0 Å². The van der Waals surface area contributed by atoms with Crippen LogP contribution in [0.4, 0.5) is 10.2 Å². The van der Waals surface area contributed by atoms with Gasteiger partial charge in [-0.15, -0.1) is 0 Å². The van der Waals surface area contributed by atoms with Gasteiger partial charge in [-0.1, -0.05) is 25.5 Å². The molecule has 4 aromatic rings. The Morgan fingerprint density at radius 1 is 1.19 bits per heavy atom. The predicted octanol–water partition coefficient (Wildman–Crippen LogP) is 2.64. The van der Waals surface area contributed by atoms with Crippen molar-refractivity contribution in [2.75, 3.05) is 5.32 Å². The predicted molar refractivity (Wildman–Crippen MR) is 109 cm³/mol. The second-order valence-corrected chi connectivity index (χ2v) is 7.53. The van der Waals surface area contributed by atoms with Crippen LogP contribution in [0.5, 0.6) is 5.88 Å². The first-order valence-electron chi connectivity index (χ1n) is 9.80. The van der Waals surface area contributed by atoms with Gasteiger partial charge in [-0.2, -0.15) is 10.1 Å². The van der Waals surface area contributed by atoms with Crippen molar-refractivity contribution in [3.05, 3.63) is 59.4 Å². The lowest BCUT2D eigenvalue weighted by Gasteiger charge is -2.22. The van der Waals surface area contributed by atoms with E-state index in [1.54, 1.807) is 17.6 Å². The number of carbonyl (C=O) groups is 1. The van der Waals surface area contributed by atoms with Gasteiger partial charge in [0.05, 0.1) is 17.5 Å². The Hall–Kier alpha value is -3.95. The van der Waals surface area contributed by atoms with Crippen LogP contribution in [0, 0.1) is 5.82 Å². The number of aryl methyl sites for hydroxylation is 1. The van der Waals surface area contributed by atoms with Gasteiger partial charge in [-0.05, 0) is 31.0 Å². The van der Waals surface area contributed by atoms with Gasteiger partial charge in [-0.3, -0.25) is 4.79 Å². The molecule has 156 valence electrons. The number of hydrogen-bond acceptors (Lipinski definition) is 7. The van der Waals surface area contributed by atoms with E-state index in [-0.39, 0.29) is 29.0 Å². The van der Waals surface area contributed by atoms with Crippen molar-refractivity contribution in [1.82, 2.24) is 29.5 Å². The highest BCUT2D eigenvalue weighted by atomic mass is 19.1. The Kier molecular flexibility index (Phi) is 4.17. The lowest BCUT2D eigenvalue weighted by Crippen LogP contribution is -2.32. The number of amides is 1. The minimum Gasteiger partial charge on any atom is -0.493 e. The van der Waals surface area contributed by atoms with Gasteiger partial charge in [-0.25, -0.2) is 23.9 Å². The van der Waals surface area contributed by atoms with E-state index in [0.717, 1.165) is 12.1 Å². The van der Waals surface area contributed by atoms with Crippen LogP contribution in [-0.4, -0.2) is 40.6 Å². The van der Waals surface area contributed by atoms with E-state index in [4.69, 9.17) is 0 Å². The highest BCUT2D eigenvalue weighted by Crippen LogP contribution is 2.46. The number of aromatic hydroxyl groups is 1. The first kappa shape index (κ1) is 19.0. The lowest BCUT2D eigenvalue weighted by atomic mass is 9.78. The van der Waals surface area contributed by atoms with E-state index in [1.807, 2.05) is 6.92 Å². The molecule has 0 bridgehead atoms. The van der Waals surface area contributed by atoms with Gasteiger partial charge >= 0.3 is 0 Å². The van der Waals surface area contributed by atoms with Crippen molar-refractivity contribution in [2.24, 2.45) is 0 Å². The van der Waals surface area contributed by atoms with E-state index in [1.165, 1.54) is 30.6 Å². The van der Waals surface area contributed by atoms with Gasteiger partial charge < -0.3 is 10.4 Å². The Labute approximate surface area is 176 Å². The number of halogens is 1. The van der Waals surface area contributed by atoms with E-state index >= 15 is 0 Å². The average Bonchev–Trinajstić information content (AvgIpc) is 3.32. The maximum Gasteiger partial charge on any atom is 0.240 e. The summed E-state index contributed by atoms with van der Waals surface area (Å²) in [4.78, 5) is 30.4. The van der Waals surface area contributed by atoms with E-state index in [9.17, 15) is 14.3 Å². The molecular weight excluding hydrogens is 401 g/mol. The zero-order chi connectivity index (χ0) is 21.8. The van der Waals surface area contributed by atoms with Crippen LogP contribution in [0.25, 0.3) is 17.2 Å². The quantitative estimate of drug-likeness (QED) is 0.522. The normalized spacial score (nSPS) is 17.7. The number of nitrogens with one attached hydrogen (secondary N) is 1. The fourth-order valence-electron chi connectivity index (χ4n) is 3.92. The fourth-order valence-corrected chi connectivity index (χ4v) is 3.92. The van der Waals surface area contributed by atoms with Crippen molar-refractivity contribution in [2.45, 2.75) is 32.1 Å². The SMILES string of the molecule is CCCc1nc(-c2nc(O)c3c(n2)NC(=O)[C@@]3(C)c2ccc(F)cc2)cn2ncnc12. The van der Waals surface area contributed by atoms with Crippen molar-refractivity contribution >= 4 is 17.4 Å². The zero-order valence-corrected chi connectivity index (χ0v) is 16.8. The number of rotatable bonds is 4.